The van der Waals surface area contributed by atoms with Crippen LogP contribution < -0.4 is 0 Å². The van der Waals surface area contributed by atoms with Crippen molar-refractivity contribution in [3.63, 3.8) is 0 Å². The maximum Gasteiger partial charge on any atom is 0.127 e. The fraction of sp³-hybridized carbons (Fsp3) is 0.600. The fourth-order valence-electron chi connectivity index (χ4n) is 2.82. The van der Waals surface area contributed by atoms with Crippen molar-refractivity contribution in [1.82, 2.24) is 0 Å². The predicted molar refractivity (Wildman–Crippen MR) is 72.3 cm³/mol. The lowest BCUT2D eigenvalue weighted by Gasteiger charge is -2.36. The quantitative estimate of drug-likeness (QED) is 0.866. The lowest BCUT2D eigenvalue weighted by atomic mass is 9.75. The molecule has 100 valence electrons. The molecular weight excluding hydrogens is 251 g/mol. The zero-order chi connectivity index (χ0) is 13.2. The van der Waals surface area contributed by atoms with Crippen LogP contribution in [-0.4, -0.2) is 10.7 Å². The Kier molecular flexibility index (Phi) is 4.29. The molecule has 0 radical (unpaired) electrons. The van der Waals surface area contributed by atoms with Crippen LogP contribution in [0, 0.1) is 11.7 Å². The first-order valence-corrected chi connectivity index (χ1v) is 7.06. The van der Waals surface area contributed by atoms with Crippen LogP contribution in [0.15, 0.2) is 18.2 Å². The lowest BCUT2D eigenvalue weighted by Crippen LogP contribution is -2.36. The van der Waals surface area contributed by atoms with Crippen molar-refractivity contribution in [1.29, 1.82) is 0 Å². The largest absolute Gasteiger partial charge is 0.390 e. The van der Waals surface area contributed by atoms with Crippen molar-refractivity contribution < 1.29 is 9.50 Å². The van der Waals surface area contributed by atoms with Crippen molar-refractivity contribution >= 4 is 11.6 Å². The van der Waals surface area contributed by atoms with E-state index in [1.807, 2.05) is 0 Å². The summed E-state index contributed by atoms with van der Waals surface area (Å²) in [6.45, 7) is 2.19. The van der Waals surface area contributed by atoms with Crippen LogP contribution in [-0.2, 0) is 6.42 Å². The molecule has 0 amide bonds. The number of hydrogen-bond donors (Lipinski definition) is 1. The van der Waals surface area contributed by atoms with Crippen molar-refractivity contribution in [3.05, 3.63) is 34.6 Å². The molecule has 1 N–H and O–H groups in total. The first-order valence-electron chi connectivity index (χ1n) is 6.69. The third-order valence-electron chi connectivity index (χ3n) is 4.15. The molecule has 0 saturated heterocycles. The predicted octanol–water partition coefficient (Wildman–Crippen LogP) is 4.35. The molecule has 2 rings (SSSR count). The molecular formula is C15H20ClFO. The number of aliphatic hydroxyl groups is 1. The maximum atomic E-state index is 13.7. The average molecular weight is 271 g/mol. The maximum absolute atomic E-state index is 13.7. The summed E-state index contributed by atoms with van der Waals surface area (Å²) < 4.78 is 13.7. The normalized spacial score (nSPS) is 28.3. The Hall–Kier alpha value is -0.600. The van der Waals surface area contributed by atoms with Gasteiger partial charge in [-0.05, 0) is 49.3 Å². The number of hydrogen-bond acceptors (Lipinski definition) is 1. The highest BCUT2D eigenvalue weighted by molar-refractivity contribution is 6.30. The molecule has 1 aliphatic carbocycles. The van der Waals surface area contributed by atoms with Gasteiger partial charge in [0.2, 0.25) is 0 Å². The summed E-state index contributed by atoms with van der Waals surface area (Å²) in [7, 11) is 0. The van der Waals surface area contributed by atoms with E-state index in [1.165, 1.54) is 12.5 Å². The Morgan fingerprint density at radius 3 is 2.61 bits per heavy atom. The average Bonchev–Trinajstić information content (AvgIpc) is 2.34. The van der Waals surface area contributed by atoms with Gasteiger partial charge in [-0.15, -0.1) is 0 Å². The van der Waals surface area contributed by atoms with E-state index in [-0.39, 0.29) is 5.82 Å². The first-order chi connectivity index (χ1) is 8.52. The van der Waals surface area contributed by atoms with E-state index in [1.54, 1.807) is 12.1 Å². The Balaban J connectivity index is 2.04. The highest BCUT2D eigenvalue weighted by Gasteiger charge is 2.33. The molecule has 0 aromatic heterocycles. The van der Waals surface area contributed by atoms with Crippen molar-refractivity contribution in [3.8, 4) is 0 Å². The van der Waals surface area contributed by atoms with Gasteiger partial charge in [-0.3, -0.25) is 0 Å². The van der Waals surface area contributed by atoms with E-state index < -0.39 is 5.60 Å². The minimum Gasteiger partial charge on any atom is -0.390 e. The van der Waals surface area contributed by atoms with Gasteiger partial charge in [0.05, 0.1) is 5.60 Å². The summed E-state index contributed by atoms with van der Waals surface area (Å²) >= 11 is 5.73. The second-order valence-corrected chi connectivity index (χ2v) is 5.92. The van der Waals surface area contributed by atoms with Gasteiger partial charge in [0.15, 0.2) is 0 Å². The van der Waals surface area contributed by atoms with E-state index in [0.717, 1.165) is 31.6 Å². The smallest absolute Gasteiger partial charge is 0.127 e. The monoisotopic (exact) mass is 270 g/mol. The number of benzene rings is 1. The molecule has 0 bridgehead atoms. The van der Waals surface area contributed by atoms with E-state index >= 15 is 0 Å². The van der Waals surface area contributed by atoms with Crippen LogP contribution >= 0.6 is 11.6 Å². The van der Waals surface area contributed by atoms with E-state index in [9.17, 15) is 9.50 Å². The molecule has 1 saturated carbocycles. The molecule has 3 heteroatoms. The highest BCUT2D eigenvalue weighted by Crippen LogP contribution is 2.36. The number of rotatable bonds is 3. The van der Waals surface area contributed by atoms with E-state index in [0.29, 0.717) is 17.0 Å². The summed E-state index contributed by atoms with van der Waals surface area (Å²) in [6.07, 6.45) is 5.20. The molecule has 0 heterocycles. The molecule has 1 aliphatic rings. The third-order valence-corrected chi connectivity index (χ3v) is 4.38. The molecule has 0 unspecified atom stereocenters. The van der Waals surface area contributed by atoms with Crippen molar-refractivity contribution in [2.45, 2.75) is 51.0 Å². The second-order valence-electron chi connectivity index (χ2n) is 5.49. The van der Waals surface area contributed by atoms with Crippen LogP contribution in [0.1, 0.15) is 44.6 Å². The molecule has 1 aromatic carbocycles. The summed E-state index contributed by atoms with van der Waals surface area (Å²) in [5.41, 5.74) is -0.169. The minimum atomic E-state index is -0.736. The van der Waals surface area contributed by atoms with Gasteiger partial charge >= 0.3 is 0 Å². The van der Waals surface area contributed by atoms with Gasteiger partial charge in [-0.2, -0.15) is 0 Å². The second kappa shape index (κ2) is 5.58. The molecule has 18 heavy (non-hydrogen) atoms. The lowest BCUT2D eigenvalue weighted by molar-refractivity contribution is -0.00984. The summed E-state index contributed by atoms with van der Waals surface area (Å²) in [4.78, 5) is 0. The van der Waals surface area contributed by atoms with Gasteiger partial charge in [0, 0.05) is 11.4 Å². The number of halogens is 2. The van der Waals surface area contributed by atoms with Crippen molar-refractivity contribution in [2.75, 3.05) is 0 Å². The van der Waals surface area contributed by atoms with E-state index in [2.05, 4.69) is 6.92 Å². The Morgan fingerprint density at radius 2 is 2.06 bits per heavy atom. The van der Waals surface area contributed by atoms with Gasteiger partial charge in [0.25, 0.3) is 0 Å². The van der Waals surface area contributed by atoms with E-state index in [4.69, 9.17) is 11.6 Å². The Labute approximate surface area is 113 Å². The zero-order valence-electron chi connectivity index (χ0n) is 10.8. The zero-order valence-corrected chi connectivity index (χ0v) is 11.5. The summed E-state index contributed by atoms with van der Waals surface area (Å²) in [5, 5.41) is 10.9. The van der Waals surface area contributed by atoms with Gasteiger partial charge in [0.1, 0.15) is 5.82 Å². The van der Waals surface area contributed by atoms with Crippen LogP contribution in [0.5, 0.6) is 0 Å². The Bertz CT molecular complexity index is 411. The molecule has 0 spiro atoms. The van der Waals surface area contributed by atoms with Gasteiger partial charge < -0.3 is 5.11 Å². The van der Waals surface area contributed by atoms with Gasteiger partial charge in [-0.1, -0.05) is 31.0 Å². The first kappa shape index (κ1) is 13.8. The topological polar surface area (TPSA) is 20.2 Å². The molecule has 0 atom stereocenters. The molecule has 0 aliphatic heterocycles. The molecule has 1 fully saturated rings. The molecule has 1 aromatic rings. The summed E-state index contributed by atoms with van der Waals surface area (Å²) in [6, 6.07) is 4.68. The van der Waals surface area contributed by atoms with Crippen LogP contribution in [0.4, 0.5) is 4.39 Å². The highest BCUT2D eigenvalue weighted by atomic mass is 35.5. The Morgan fingerprint density at radius 1 is 1.39 bits per heavy atom. The van der Waals surface area contributed by atoms with Gasteiger partial charge in [-0.25, -0.2) is 4.39 Å². The van der Waals surface area contributed by atoms with Crippen LogP contribution in [0.3, 0.4) is 0 Å². The fourth-order valence-corrected chi connectivity index (χ4v) is 2.98. The standard InChI is InChI=1S/C15H20ClFO/c1-2-11-5-7-15(18,8-6-11)10-12-3-4-13(16)9-14(12)17/h3-4,9,11,18H,2,5-8,10H2,1H3. The minimum absolute atomic E-state index is 0.312. The summed E-state index contributed by atoms with van der Waals surface area (Å²) in [5.74, 6) is 0.411. The van der Waals surface area contributed by atoms with Crippen molar-refractivity contribution in [2.24, 2.45) is 5.92 Å². The van der Waals surface area contributed by atoms with Crippen LogP contribution in [0.25, 0.3) is 0 Å². The van der Waals surface area contributed by atoms with Crippen LogP contribution in [0.2, 0.25) is 5.02 Å². The third kappa shape index (κ3) is 3.24. The molecule has 1 nitrogen and oxygen atoms in total. The SMILES string of the molecule is CCC1CCC(O)(Cc2ccc(Cl)cc2F)CC1.